The first-order chi connectivity index (χ1) is 11.5. The number of nitrogen functional groups attached to an aromatic ring is 1. The van der Waals surface area contributed by atoms with Crippen LogP contribution in [0.1, 0.15) is 5.56 Å². The van der Waals surface area contributed by atoms with Crippen LogP contribution in [0.15, 0.2) is 48.8 Å². The Morgan fingerprint density at radius 3 is 2.29 bits per heavy atom. The quantitative estimate of drug-likeness (QED) is 0.599. The largest absolute Gasteiger partial charge is 0.393 e. The number of nitrogens with one attached hydrogen (secondary N) is 2. The van der Waals surface area contributed by atoms with E-state index in [1.165, 1.54) is 6.33 Å². The molecule has 4 N–H and O–H groups in total. The number of halogens is 2. The standard InChI is InChI=1S/C17H15Cl2N5/c1-10-13(19)3-2-4-14(10)24-17-15(20)16(21-9-22-17)23-12-7-5-11(18)6-8-12/h2-9H,20H2,1H3,(H2,21,22,23,24). The summed E-state index contributed by atoms with van der Waals surface area (Å²) in [5, 5.41) is 7.68. The first-order valence-electron chi connectivity index (χ1n) is 7.20. The summed E-state index contributed by atoms with van der Waals surface area (Å²) in [6.07, 6.45) is 1.44. The third-order valence-corrected chi connectivity index (χ3v) is 4.17. The van der Waals surface area contributed by atoms with Crippen molar-refractivity contribution in [3.05, 3.63) is 64.4 Å². The summed E-state index contributed by atoms with van der Waals surface area (Å²) in [5.74, 6) is 1.02. The summed E-state index contributed by atoms with van der Waals surface area (Å²) in [6, 6.07) is 12.9. The first kappa shape index (κ1) is 16.4. The van der Waals surface area contributed by atoms with E-state index in [1.807, 2.05) is 37.3 Å². The van der Waals surface area contributed by atoms with Crippen molar-refractivity contribution >= 4 is 51.9 Å². The summed E-state index contributed by atoms with van der Waals surface area (Å²) >= 11 is 12.0. The molecule has 7 heteroatoms. The third kappa shape index (κ3) is 3.53. The maximum absolute atomic E-state index is 6.19. The Balaban J connectivity index is 1.88. The van der Waals surface area contributed by atoms with Crippen molar-refractivity contribution in [1.29, 1.82) is 0 Å². The van der Waals surface area contributed by atoms with Gasteiger partial charge < -0.3 is 16.4 Å². The topological polar surface area (TPSA) is 75.9 Å². The summed E-state index contributed by atoms with van der Waals surface area (Å²) in [5.41, 5.74) is 9.18. The van der Waals surface area contributed by atoms with Crippen LogP contribution in [-0.4, -0.2) is 9.97 Å². The minimum Gasteiger partial charge on any atom is -0.393 e. The summed E-state index contributed by atoms with van der Waals surface area (Å²) in [4.78, 5) is 8.40. The highest BCUT2D eigenvalue weighted by Crippen LogP contribution is 2.31. The average molecular weight is 360 g/mol. The molecule has 0 spiro atoms. The second-order valence-electron chi connectivity index (χ2n) is 5.15. The molecule has 0 amide bonds. The molecule has 0 unspecified atom stereocenters. The van der Waals surface area contributed by atoms with E-state index < -0.39 is 0 Å². The fraction of sp³-hybridized carbons (Fsp3) is 0.0588. The highest BCUT2D eigenvalue weighted by Gasteiger charge is 2.10. The van der Waals surface area contributed by atoms with Crippen molar-refractivity contribution in [2.75, 3.05) is 16.4 Å². The van der Waals surface area contributed by atoms with E-state index in [-0.39, 0.29) is 0 Å². The molecule has 0 aliphatic heterocycles. The van der Waals surface area contributed by atoms with E-state index in [2.05, 4.69) is 20.6 Å². The Morgan fingerprint density at radius 1 is 0.917 bits per heavy atom. The Kier molecular flexibility index (Phi) is 4.74. The molecule has 0 aliphatic rings. The molecule has 0 saturated heterocycles. The number of hydrogen-bond donors (Lipinski definition) is 3. The molecule has 2 aromatic carbocycles. The molecule has 5 nitrogen and oxygen atoms in total. The summed E-state index contributed by atoms with van der Waals surface area (Å²) in [7, 11) is 0. The fourth-order valence-corrected chi connectivity index (χ4v) is 2.44. The zero-order valence-corrected chi connectivity index (χ0v) is 14.4. The van der Waals surface area contributed by atoms with Crippen LogP contribution in [0.2, 0.25) is 10.0 Å². The van der Waals surface area contributed by atoms with Crippen molar-refractivity contribution in [2.24, 2.45) is 0 Å². The van der Waals surface area contributed by atoms with Crippen molar-refractivity contribution in [1.82, 2.24) is 9.97 Å². The van der Waals surface area contributed by atoms with Crippen LogP contribution in [0.5, 0.6) is 0 Å². The Bertz CT molecular complexity index is 865. The number of hydrogen-bond acceptors (Lipinski definition) is 5. The summed E-state index contributed by atoms with van der Waals surface area (Å²) in [6.45, 7) is 1.93. The van der Waals surface area contributed by atoms with Gasteiger partial charge in [-0.25, -0.2) is 9.97 Å². The molecule has 0 aliphatic carbocycles. The van der Waals surface area contributed by atoms with E-state index >= 15 is 0 Å². The molecular weight excluding hydrogens is 345 g/mol. The van der Waals surface area contributed by atoms with Crippen LogP contribution in [-0.2, 0) is 0 Å². The number of benzene rings is 2. The lowest BCUT2D eigenvalue weighted by Crippen LogP contribution is -2.05. The molecule has 1 heterocycles. The van der Waals surface area contributed by atoms with Crippen molar-refractivity contribution < 1.29 is 0 Å². The maximum Gasteiger partial charge on any atom is 0.159 e. The second kappa shape index (κ2) is 6.95. The molecular formula is C17H15Cl2N5. The van der Waals surface area contributed by atoms with Crippen LogP contribution in [0.25, 0.3) is 0 Å². The van der Waals surface area contributed by atoms with Gasteiger partial charge in [0.1, 0.15) is 12.0 Å². The predicted molar refractivity (Wildman–Crippen MR) is 101 cm³/mol. The summed E-state index contributed by atoms with van der Waals surface area (Å²) < 4.78 is 0. The lowest BCUT2D eigenvalue weighted by molar-refractivity contribution is 1.17. The minimum absolute atomic E-state index is 0.409. The highest BCUT2D eigenvalue weighted by atomic mass is 35.5. The molecule has 0 bridgehead atoms. The van der Waals surface area contributed by atoms with E-state index in [4.69, 9.17) is 28.9 Å². The molecule has 122 valence electrons. The molecule has 0 saturated carbocycles. The molecule has 0 radical (unpaired) electrons. The smallest absolute Gasteiger partial charge is 0.159 e. The van der Waals surface area contributed by atoms with Crippen LogP contribution in [0.4, 0.5) is 28.7 Å². The van der Waals surface area contributed by atoms with Gasteiger partial charge >= 0.3 is 0 Å². The van der Waals surface area contributed by atoms with Gasteiger partial charge in [-0.05, 0) is 48.9 Å². The number of aromatic nitrogens is 2. The first-order valence-corrected chi connectivity index (χ1v) is 7.95. The molecule has 1 aromatic heterocycles. The molecule has 24 heavy (non-hydrogen) atoms. The maximum atomic E-state index is 6.19. The van der Waals surface area contributed by atoms with E-state index in [0.29, 0.717) is 27.4 Å². The van der Waals surface area contributed by atoms with Gasteiger partial charge in [-0.1, -0.05) is 29.3 Å². The fourth-order valence-electron chi connectivity index (χ4n) is 2.14. The van der Waals surface area contributed by atoms with Gasteiger partial charge in [-0.3, -0.25) is 0 Å². The number of rotatable bonds is 4. The normalized spacial score (nSPS) is 10.5. The van der Waals surface area contributed by atoms with E-state index in [1.54, 1.807) is 12.1 Å². The van der Waals surface area contributed by atoms with Crippen molar-refractivity contribution in [3.63, 3.8) is 0 Å². The SMILES string of the molecule is Cc1c(Cl)cccc1Nc1ncnc(Nc2ccc(Cl)cc2)c1N. The van der Waals surface area contributed by atoms with Crippen molar-refractivity contribution in [2.45, 2.75) is 6.92 Å². The van der Waals surface area contributed by atoms with Gasteiger partial charge in [0.25, 0.3) is 0 Å². The van der Waals surface area contributed by atoms with Crippen LogP contribution >= 0.6 is 23.2 Å². The Morgan fingerprint density at radius 2 is 1.58 bits per heavy atom. The van der Waals surface area contributed by atoms with Gasteiger partial charge in [-0.15, -0.1) is 0 Å². The third-order valence-electron chi connectivity index (χ3n) is 3.51. The van der Waals surface area contributed by atoms with Gasteiger partial charge in [-0.2, -0.15) is 0 Å². The van der Waals surface area contributed by atoms with Gasteiger partial charge in [0.15, 0.2) is 11.6 Å². The van der Waals surface area contributed by atoms with Crippen LogP contribution in [0.3, 0.4) is 0 Å². The molecule has 3 aromatic rings. The molecule has 3 rings (SSSR count). The monoisotopic (exact) mass is 359 g/mol. The van der Waals surface area contributed by atoms with E-state index in [9.17, 15) is 0 Å². The lowest BCUT2D eigenvalue weighted by atomic mass is 10.2. The number of nitrogens with two attached hydrogens (primary N) is 1. The van der Waals surface area contributed by atoms with Gasteiger partial charge in [0, 0.05) is 21.4 Å². The Hall–Kier alpha value is -2.50. The average Bonchev–Trinajstić information content (AvgIpc) is 2.57. The Labute approximate surface area is 149 Å². The minimum atomic E-state index is 0.409. The lowest BCUT2D eigenvalue weighted by Gasteiger charge is -2.14. The van der Waals surface area contributed by atoms with Crippen LogP contribution < -0.4 is 16.4 Å². The predicted octanol–water partition coefficient (Wildman–Crippen LogP) is 5.16. The van der Waals surface area contributed by atoms with Gasteiger partial charge in [0.2, 0.25) is 0 Å². The highest BCUT2D eigenvalue weighted by molar-refractivity contribution is 6.31. The zero-order valence-electron chi connectivity index (χ0n) is 12.8. The number of nitrogens with zero attached hydrogens (tertiary/aromatic N) is 2. The molecule has 0 fully saturated rings. The van der Waals surface area contributed by atoms with Crippen molar-refractivity contribution in [3.8, 4) is 0 Å². The molecule has 0 atom stereocenters. The van der Waals surface area contributed by atoms with E-state index in [0.717, 1.165) is 16.9 Å². The van der Waals surface area contributed by atoms with Crippen LogP contribution in [0, 0.1) is 6.92 Å². The van der Waals surface area contributed by atoms with Gasteiger partial charge in [0.05, 0.1) is 0 Å². The number of anilines is 5. The second-order valence-corrected chi connectivity index (χ2v) is 6.00. The zero-order chi connectivity index (χ0) is 17.1.